The maximum absolute atomic E-state index is 12.3. The number of hydrogen-bond donors (Lipinski definition) is 2. The van der Waals surface area contributed by atoms with Crippen LogP contribution >= 0.6 is 0 Å². The van der Waals surface area contributed by atoms with E-state index < -0.39 is 22.0 Å². The quantitative estimate of drug-likeness (QED) is 0.833. The van der Waals surface area contributed by atoms with E-state index in [4.69, 9.17) is 10.4 Å². The van der Waals surface area contributed by atoms with Crippen LogP contribution in [0.15, 0.2) is 29.2 Å². The van der Waals surface area contributed by atoms with E-state index >= 15 is 0 Å². The van der Waals surface area contributed by atoms with Gasteiger partial charge in [-0.25, -0.2) is 13.1 Å². The molecule has 0 radical (unpaired) electrons. The maximum Gasteiger partial charge on any atom is 0.304 e. The first-order chi connectivity index (χ1) is 10.0. The van der Waals surface area contributed by atoms with Crippen LogP contribution in [-0.2, 0) is 14.8 Å². The van der Waals surface area contributed by atoms with Crippen molar-refractivity contribution in [3.8, 4) is 6.07 Å². The highest BCUT2D eigenvalue weighted by atomic mass is 32.2. The summed E-state index contributed by atoms with van der Waals surface area (Å²) in [4.78, 5) is 10.9. The molecule has 7 heteroatoms. The number of nitrogens with zero attached hydrogens (tertiary/aromatic N) is 1. The van der Waals surface area contributed by atoms with Crippen molar-refractivity contribution in [2.24, 2.45) is 5.41 Å². The van der Waals surface area contributed by atoms with Crippen molar-refractivity contribution >= 4 is 16.0 Å². The molecule has 22 heavy (non-hydrogen) atoms. The van der Waals surface area contributed by atoms with E-state index in [9.17, 15) is 13.2 Å². The van der Waals surface area contributed by atoms with Crippen molar-refractivity contribution in [3.05, 3.63) is 29.8 Å². The highest BCUT2D eigenvalue weighted by Crippen LogP contribution is 2.23. The Hall–Kier alpha value is -1.91. The molecule has 1 aromatic rings. The van der Waals surface area contributed by atoms with Gasteiger partial charge < -0.3 is 5.11 Å². The lowest BCUT2D eigenvalue weighted by Gasteiger charge is -2.25. The van der Waals surface area contributed by atoms with Crippen LogP contribution in [0.25, 0.3) is 0 Å². The molecule has 0 spiro atoms. The third kappa shape index (κ3) is 5.84. The fraction of sp³-hybridized carbons (Fsp3) is 0.467. The minimum absolute atomic E-state index is 0.01000. The molecule has 0 aromatic heterocycles. The number of carbonyl (C=O) groups is 1. The summed E-state index contributed by atoms with van der Waals surface area (Å²) in [6.07, 6.45) is 0.113. The van der Waals surface area contributed by atoms with Crippen molar-refractivity contribution < 1.29 is 18.3 Å². The second-order valence-corrected chi connectivity index (χ2v) is 8.03. The Balaban J connectivity index is 2.98. The van der Waals surface area contributed by atoms with Crippen LogP contribution in [0.5, 0.6) is 0 Å². The van der Waals surface area contributed by atoms with Gasteiger partial charge in [-0.05, 0) is 36.1 Å². The molecule has 120 valence electrons. The van der Waals surface area contributed by atoms with Crippen molar-refractivity contribution in [2.75, 3.05) is 0 Å². The van der Waals surface area contributed by atoms with E-state index in [1.54, 1.807) is 0 Å². The molecule has 0 heterocycles. The molecule has 0 amide bonds. The van der Waals surface area contributed by atoms with Crippen LogP contribution < -0.4 is 4.72 Å². The van der Waals surface area contributed by atoms with Gasteiger partial charge in [-0.3, -0.25) is 4.79 Å². The monoisotopic (exact) mass is 324 g/mol. The SMILES string of the molecule is CC(C)(C)C[C@@H](CC(=O)O)NS(=O)(=O)c1ccc(C#N)cc1. The molecule has 0 unspecified atom stereocenters. The Morgan fingerprint density at radius 1 is 1.32 bits per heavy atom. The van der Waals surface area contributed by atoms with E-state index in [-0.39, 0.29) is 16.7 Å². The lowest BCUT2D eigenvalue weighted by Crippen LogP contribution is -2.39. The summed E-state index contributed by atoms with van der Waals surface area (Å²) in [6.45, 7) is 5.74. The second-order valence-electron chi connectivity index (χ2n) is 6.32. The molecule has 1 aromatic carbocycles. The Bertz CT molecular complexity index is 667. The molecule has 2 N–H and O–H groups in total. The predicted molar refractivity (Wildman–Crippen MR) is 81.6 cm³/mol. The van der Waals surface area contributed by atoms with Gasteiger partial charge >= 0.3 is 5.97 Å². The Morgan fingerprint density at radius 3 is 2.27 bits per heavy atom. The number of nitriles is 1. The highest BCUT2D eigenvalue weighted by molar-refractivity contribution is 7.89. The van der Waals surface area contributed by atoms with E-state index in [0.717, 1.165) is 0 Å². The molecule has 1 atom stereocenters. The van der Waals surface area contributed by atoms with Gasteiger partial charge in [0.1, 0.15) is 0 Å². The molecule has 0 aliphatic heterocycles. The summed E-state index contributed by atoms with van der Waals surface area (Å²) in [6, 6.07) is 6.69. The fourth-order valence-electron chi connectivity index (χ4n) is 2.10. The van der Waals surface area contributed by atoms with Gasteiger partial charge in [0.05, 0.1) is 22.9 Å². The Labute approximate surface area is 130 Å². The van der Waals surface area contributed by atoms with Crippen LogP contribution in [0.2, 0.25) is 0 Å². The average Bonchev–Trinajstić information content (AvgIpc) is 2.35. The zero-order valence-electron chi connectivity index (χ0n) is 12.8. The van der Waals surface area contributed by atoms with Crippen molar-refractivity contribution in [1.82, 2.24) is 4.72 Å². The maximum atomic E-state index is 12.3. The molecule has 0 saturated heterocycles. The van der Waals surface area contributed by atoms with Crippen LogP contribution in [0, 0.1) is 16.7 Å². The normalized spacial score (nSPS) is 13.4. The minimum Gasteiger partial charge on any atom is -0.481 e. The summed E-state index contributed by atoms with van der Waals surface area (Å²) in [5.41, 5.74) is 0.142. The molecule has 0 aliphatic carbocycles. The topological polar surface area (TPSA) is 107 Å². The fourth-order valence-corrected chi connectivity index (χ4v) is 3.34. The van der Waals surface area contributed by atoms with E-state index in [0.29, 0.717) is 12.0 Å². The first-order valence-electron chi connectivity index (χ1n) is 6.78. The third-order valence-electron chi connectivity index (χ3n) is 2.90. The van der Waals surface area contributed by atoms with Gasteiger partial charge in [-0.1, -0.05) is 20.8 Å². The lowest BCUT2D eigenvalue weighted by molar-refractivity contribution is -0.137. The molecule has 6 nitrogen and oxygen atoms in total. The van der Waals surface area contributed by atoms with Crippen molar-refractivity contribution in [3.63, 3.8) is 0 Å². The zero-order valence-corrected chi connectivity index (χ0v) is 13.6. The first kappa shape index (κ1) is 18.1. The number of nitrogens with one attached hydrogen (secondary N) is 1. The van der Waals surface area contributed by atoms with Gasteiger partial charge in [-0.2, -0.15) is 5.26 Å². The third-order valence-corrected chi connectivity index (χ3v) is 4.43. The number of carboxylic acids is 1. The van der Waals surface area contributed by atoms with Crippen LogP contribution in [0.3, 0.4) is 0 Å². The van der Waals surface area contributed by atoms with Gasteiger partial charge in [0, 0.05) is 6.04 Å². The van der Waals surface area contributed by atoms with E-state index in [1.165, 1.54) is 24.3 Å². The molecular weight excluding hydrogens is 304 g/mol. The van der Waals surface area contributed by atoms with Gasteiger partial charge in [-0.15, -0.1) is 0 Å². The standard InChI is InChI=1S/C15H20N2O4S/c1-15(2,3)9-12(8-14(18)19)17-22(20,21)13-6-4-11(10-16)5-7-13/h4-7,12,17H,8-9H2,1-3H3,(H,18,19)/t12-/m1/s1. The molecular formula is C15H20N2O4S. The number of aliphatic carboxylic acids is 1. The minimum atomic E-state index is -3.83. The van der Waals surface area contributed by atoms with Crippen molar-refractivity contribution in [2.45, 2.75) is 44.6 Å². The summed E-state index contributed by atoms with van der Waals surface area (Å²) < 4.78 is 27.1. The highest BCUT2D eigenvalue weighted by Gasteiger charge is 2.26. The summed E-state index contributed by atoms with van der Waals surface area (Å²) in [7, 11) is -3.83. The zero-order chi connectivity index (χ0) is 17.0. The number of sulfonamides is 1. The van der Waals surface area contributed by atoms with Crippen LogP contribution in [0.1, 0.15) is 39.2 Å². The smallest absolute Gasteiger partial charge is 0.304 e. The Kier molecular flexibility index (Phi) is 5.69. The Morgan fingerprint density at radius 2 is 1.86 bits per heavy atom. The van der Waals surface area contributed by atoms with Crippen molar-refractivity contribution in [1.29, 1.82) is 5.26 Å². The molecule has 0 saturated carbocycles. The van der Waals surface area contributed by atoms with Gasteiger partial charge in [0.15, 0.2) is 0 Å². The second kappa shape index (κ2) is 6.90. The van der Waals surface area contributed by atoms with Gasteiger partial charge in [0.2, 0.25) is 10.0 Å². The largest absolute Gasteiger partial charge is 0.481 e. The van der Waals surface area contributed by atoms with Gasteiger partial charge in [0.25, 0.3) is 0 Å². The molecule has 0 bridgehead atoms. The average molecular weight is 324 g/mol. The molecule has 0 fully saturated rings. The summed E-state index contributed by atoms with van der Waals surface area (Å²) in [5.74, 6) is -1.06. The van der Waals surface area contributed by atoms with E-state index in [2.05, 4.69) is 4.72 Å². The first-order valence-corrected chi connectivity index (χ1v) is 8.26. The number of benzene rings is 1. The number of rotatable bonds is 6. The molecule has 0 aliphatic rings. The van der Waals surface area contributed by atoms with E-state index in [1.807, 2.05) is 26.8 Å². The molecule has 1 rings (SSSR count). The summed E-state index contributed by atoms with van der Waals surface area (Å²) >= 11 is 0. The summed E-state index contributed by atoms with van der Waals surface area (Å²) in [5, 5.41) is 17.7. The lowest BCUT2D eigenvalue weighted by atomic mass is 9.87. The number of hydrogen-bond acceptors (Lipinski definition) is 4. The number of carboxylic acid groups (broad SMARTS) is 1. The van der Waals surface area contributed by atoms with Crippen LogP contribution in [-0.4, -0.2) is 25.5 Å². The predicted octanol–water partition coefficient (Wildman–Crippen LogP) is 2.12. The van der Waals surface area contributed by atoms with Crippen LogP contribution in [0.4, 0.5) is 0 Å².